The molecular formula is C12H12F3NO2S. The highest BCUT2D eigenvalue weighted by Crippen LogP contribution is 2.26. The summed E-state index contributed by atoms with van der Waals surface area (Å²) < 4.78 is 39.5. The molecule has 7 heteroatoms. The first-order chi connectivity index (χ1) is 9.00. The van der Waals surface area contributed by atoms with Crippen LogP contribution in [0.25, 0.3) is 0 Å². The lowest BCUT2D eigenvalue weighted by Gasteiger charge is -2.22. The molecule has 0 bridgehead atoms. The van der Waals surface area contributed by atoms with Crippen molar-refractivity contribution in [3.05, 3.63) is 29.1 Å². The summed E-state index contributed by atoms with van der Waals surface area (Å²) in [4.78, 5) is 11.8. The lowest BCUT2D eigenvalue weighted by molar-refractivity contribution is 0.0932. The molecule has 0 saturated carbocycles. The summed E-state index contributed by atoms with van der Waals surface area (Å²) in [7, 11) is 0. The van der Waals surface area contributed by atoms with Crippen molar-refractivity contribution in [2.75, 3.05) is 11.5 Å². The van der Waals surface area contributed by atoms with Crippen molar-refractivity contribution >= 4 is 17.7 Å². The van der Waals surface area contributed by atoms with E-state index in [0.717, 1.165) is 18.6 Å². The second-order valence-electron chi connectivity index (χ2n) is 4.27. The van der Waals surface area contributed by atoms with E-state index in [9.17, 15) is 18.0 Å². The molecule has 1 saturated heterocycles. The number of nitrogens with one attached hydrogen (secondary N) is 1. The molecule has 1 aliphatic heterocycles. The van der Waals surface area contributed by atoms with Crippen LogP contribution in [0.2, 0.25) is 0 Å². The van der Waals surface area contributed by atoms with E-state index in [1.165, 1.54) is 0 Å². The molecule has 1 heterocycles. The summed E-state index contributed by atoms with van der Waals surface area (Å²) in [6.07, 6.45) is 1.69. The van der Waals surface area contributed by atoms with Gasteiger partial charge in [-0.05, 0) is 24.7 Å². The van der Waals surface area contributed by atoms with Gasteiger partial charge in [0.2, 0.25) is 5.82 Å². The number of benzene rings is 1. The average Bonchev–Trinajstić information content (AvgIpc) is 2.41. The second-order valence-corrected chi connectivity index (χ2v) is 5.42. The maximum absolute atomic E-state index is 13.5. The Morgan fingerprint density at radius 1 is 1.37 bits per heavy atom. The van der Waals surface area contributed by atoms with E-state index in [2.05, 4.69) is 5.32 Å². The van der Waals surface area contributed by atoms with Crippen LogP contribution in [-0.4, -0.2) is 28.6 Å². The van der Waals surface area contributed by atoms with E-state index in [-0.39, 0.29) is 6.04 Å². The highest BCUT2D eigenvalue weighted by Gasteiger charge is 2.24. The maximum Gasteiger partial charge on any atom is 0.254 e. The predicted octanol–water partition coefficient (Wildman–Crippen LogP) is 2.43. The first-order valence-electron chi connectivity index (χ1n) is 5.75. The number of hydrogen-bond acceptors (Lipinski definition) is 3. The van der Waals surface area contributed by atoms with Crippen molar-refractivity contribution in [3.63, 3.8) is 0 Å². The van der Waals surface area contributed by atoms with Gasteiger partial charge in [-0.2, -0.15) is 16.2 Å². The van der Waals surface area contributed by atoms with Gasteiger partial charge in [0.15, 0.2) is 17.4 Å². The van der Waals surface area contributed by atoms with Crippen molar-refractivity contribution in [1.82, 2.24) is 5.32 Å². The Labute approximate surface area is 112 Å². The summed E-state index contributed by atoms with van der Waals surface area (Å²) in [6.45, 7) is 0. The molecule has 3 nitrogen and oxygen atoms in total. The van der Waals surface area contributed by atoms with Crippen LogP contribution in [0.4, 0.5) is 13.2 Å². The van der Waals surface area contributed by atoms with Gasteiger partial charge in [-0.1, -0.05) is 0 Å². The third kappa shape index (κ3) is 2.97. The van der Waals surface area contributed by atoms with Gasteiger partial charge in [-0.15, -0.1) is 0 Å². The molecule has 0 aromatic heterocycles. The van der Waals surface area contributed by atoms with Crippen molar-refractivity contribution in [3.8, 4) is 5.75 Å². The van der Waals surface area contributed by atoms with Gasteiger partial charge in [0, 0.05) is 11.8 Å². The normalized spacial score (nSPS) is 19.2. The largest absolute Gasteiger partial charge is 0.503 e. The first-order valence-corrected chi connectivity index (χ1v) is 6.91. The van der Waals surface area contributed by atoms with Gasteiger partial charge >= 0.3 is 0 Å². The zero-order valence-electron chi connectivity index (χ0n) is 9.88. The molecule has 1 aromatic rings. The minimum Gasteiger partial charge on any atom is -0.503 e. The van der Waals surface area contributed by atoms with Crippen molar-refractivity contribution in [2.24, 2.45) is 0 Å². The summed E-state index contributed by atoms with van der Waals surface area (Å²) in [6, 6.07) is 0.330. The fraction of sp³-hybridized carbons (Fsp3) is 0.417. The molecule has 0 spiro atoms. The standard InChI is InChI=1S/C12H12F3NO2S/c13-8-4-7(9(14)11(17)10(8)15)12(18)16-6-2-1-3-19-5-6/h4,6,17H,1-3,5H2,(H,16,18)/t6-/m0/s1. The van der Waals surface area contributed by atoms with E-state index in [1.807, 2.05) is 0 Å². The number of rotatable bonds is 2. The number of amides is 1. The summed E-state index contributed by atoms with van der Waals surface area (Å²) in [5.74, 6) is -5.21. The van der Waals surface area contributed by atoms with Crippen LogP contribution in [-0.2, 0) is 0 Å². The van der Waals surface area contributed by atoms with Gasteiger partial charge in [-0.25, -0.2) is 8.78 Å². The zero-order chi connectivity index (χ0) is 14.0. The Morgan fingerprint density at radius 3 is 2.74 bits per heavy atom. The van der Waals surface area contributed by atoms with Crippen molar-refractivity contribution in [2.45, 2.75) is 18.9 Å². The monoisotopic (exact) mass is 291 g/mol. The van der Waals surface area contributed by atoms with E-state index < -0.39 is 34.7 Å². The maximum atomic E-state index is 13.5. The molecule has 1 aliphatic rings. The predicted molar refractivity (Wildman–Crippen MR) is 65.8 cm³/mol. The number of aromatic hydroxyl groups is 1. The number of hydrogen-bond donors (Lipinski definition) is 2. The molecule has 0 aliphatic carbocycles. The van der Waals surface area contributed by atoms with E-state index in [4.69, 9.17) is 5.11 Å². The summed E-state index contributed by atoms with van der Waals surface area (Å²) in [5.41, 5.74) is -0.688. The van der Waals surface area contributed by atoms with Crippen molar-refractivity contribution in [1.29, 1.82) is 0 Å². The molecule has 1 amide bonds. The minimum absolute atomic E-state index is 0.124. The Kier molecular flexibility index (Phi) is 4.24. The zero-order valence-corrected chi connectivity index (χ0v) is 10.7. The number of carbonyl (C=O) groups excluding carboxylic acids is 1. The van der Waals surface area contributed by atoms with Crippen LogP contribution in [0.1, 0.15) is 23.2 Å². The van der Waals surface area contributed by atoms with E-state index in [1.54, 1.807) is 11.8 Å². The van der Waals surface area contributed by atoms with Crippen LogP contribution in [0.3, 0.4) is 0 Å². The fourth-order valence-corrected chi connectivity index (χ4v) is 2.95. The highest BCUT2D eigenvalue weighted by atomic mass is 32.2. The Balaban J connectivity index is 2.19. The molecule has 19 heavy (non-hydrogen) atoms. The number of halogens is 3. The molecule has 2 rings (SSSR count). The van der Waals surface area contributed by atoms with E-state index >= 15 is 0 Å². The second kappa shape index (κ2) is 5.73. The average molecular weight is 291 g/mol. The molecule has 0 unspecified atom stereocenters. The van der Waals surface area contributed by atoms with Gasteiger partial charge in [0.25, 0.3) is 5.91 Å². The third-order valence-corrected chi connectivity index (χ3v) is 4.09. The first kappa shape index (κ1) is 14.0. The van der Waals surface area contributed by atoms with Crippen molar-refractivity contribution < 1.29 is 23.1 Å². The Bertz CT molecular complexity index is 504. The molecule has 1 fully saturated rings. The van der Waals surface area contributed by atoms with Gasteiger partial charge in [0.1, 0.15) is 0 Å². The smallest absolute Gasteiger partial charge is 0.254 e. The summed E-state index contributed by atoms with van der Waals surface area (Å²) >= 11 is 1.66. The molecule has 1 atom stereocenters. The van der Waals surface area contributed by atoms with Gasteiger partial charge < -0.3 is 10.4 Å². The number of phenols is 1. The molecule has 0 radical (unpaired) electrons. The molecule has 1 aromatic carbocycles. The van der Waals surface area contributed by atoms with Crippen LogP contribution in [0.15, 0.2) is 6.07 Å². The lowest BCUT2D eigenvalue weighted by atomic mass is 10.1. The molecule has 104 valence electrons. The molecule has 2 N–H and O–H groups in total. The topological polar surface area (TPSA) is 49.3 Å². The number of phenolic OH excluding ortho intramolecular Hbond substituents is 1. The number of thioether (sulfide) groups is 1. The lowest BCUT2D eigenvalue weighted by Crippen LogP contribution is -2.38. The van der Waals surface area contributed by atoms with Gasteiger partial charge in [0.05, 0.1) is 5.56 Å². The molecular weight excluding hydrogens is 279 g/mol. The minimum atomic E-state index is -1.69. The number of carbonyl (C=O) groups is 1. The highest BCUT2D eigenvalue weighted by molar-refractivity contribution is 7.99. The van der Waals surface area contributed by atoms with Crippen LogP contribution < -0.4 is 5.32 Å². The SMILES string of the molecule is O=C(N[C@H]1CCCSC1)c1cc(F)c(F)c(O)c1F. The van der Waals surface area contributed by atoms with Gasteiger partial charge in [-0.3, -0.25) is 4.79 Å². The Hall–Kier alpha value is -1.37. The van der Waals surface area contributed by atoms with Crippen LogP contribution in [0.5, 0.6) is 5.75 Å². The van der Waals surface area contributed by atoms with E-state index in [0.29, 0.717) is 11.8 Å². The fourth-order valence-electron chi connectivity index (χ4n) is 1.87. The van der Waals surface area contributed by atoms with Crippen LogP contribution in [0, 0.1) is 17.5 Å². The third-order valence-electron chi connectivity index (χ3n) is 2.87. The van der Waals surface area contributed by atoms with Crippen LogP contribution >= 0.6 is 11.8 Å². The summed E-state index contributed by atoms with van der Waals surface area (Å²) in [5, 5.41) is 11.6. The quantitative estimate of drug-likeness (QED) is 0.823. The Morgan fingerprint density at radius 2 is 2.11 bits per heavy atom.